The van der Waals surface area contributed by atoms with Crippen LogP contribution in [0.5, 0.6) is 0 Å². The van der Waals surface area contributed by atoms with Crippen molar-refractivity contribution in [3.8, 4) is 0 Å². The number of hydrogen-bond acceptors (Lipinski definition) is 3. The minimum absolute atomic E-state index is 0.0823. The Hall–Kier alpha value is -0.780. The quantitative estimate of drug-likeness (QED) is 0.854. The van der Waals surface area contributed by atoms with Crippen molar-refractivity contribution in [1.82, 2.24) is 0 Å². The lowest BCUT2D eigenvalue weighted by atomic mass is 10.2. The Labute approximate surface area is 102 Å². The lowest BCUT2D eigenvalue weighted by Gasteiger charge is -2.07. The predicted molar refractivity (Wildman–Crippen MR) is 63.2 cm³/mol. The Bertz CT molecular complexity index is 389. The van der Waals surface area contributed by atoms with Crippen molar-refractivity contribution in [3.05, 3.63) is 34.6 Å². The van der Waals surface area contributed by atoms with E-state index >= 15 is 0 Å². The van der Waals surface area contributed by atoms with Gasteiger partial charge in [0.2, 0.25) is 0 Å². The highest BCUT2D eigenvalue weighted by Gasteiger charge is 2.12. The average molecular weight is 264 g/mol. The van der Waals surface area contributed by atoms with E-state index in [-0.39, 0.29) is 10.8 Å². The minimum Gasteiger partial charge on any atom is -0.480 e. The van der Waals surface area contributed by atoms with Gasteiger partial charge in [-0.3, -0.25) is 4.79 Å². The maximum Gasteiger partial charge on any atom is 0.321 e. The lowest BCUT2D eigenvalue weighted by Crippen LogP contribution is -2.32. The number of halogens is 2. The van der Waals surface area contributed by atoms with Gasteiger partial charge in [0.15, 0.2) is 0 Å². The van der Waals surface area contributed by atoms with Crippen LogP contribution in [0.25, 0.3) is 0 Å². The van der Waals surface area contributed by atoms with Gasteiger partial charge in [-0.25, -0.2) is 4.39 Å². The van der Waals surface area contributed by atoms with Gasteiger partial charge in [-0.15, -0.1) is 0 Å². The van der Waals surface area contributed by atoms with Crippen molar-refractivity contribution >= 4 is 29.3 Å². The number of aliphatic carboxylic acids is 1. The Morgan fingerprint density at radius 1 is 1.62 bits per heavy atom. The molecule has 6 heteroatoms. The summed E-state index contributed by atoms with van der Waals surface area (Å²) in [7, 11) is 0. The number of carbonyl (C=O) groups is 1. The molecule has 0 spiro atoms. The molecule has 1 unspecified atom stereocenters. The fraction of sp³-hybridized carbons (Fsp3) is 0.300. The van der Waals surface area contributed by atoms with E-state index in [1.165, 1.54) is 17.8 Å². The molecule has 0 aliphatic carbocycles. The first-order valence-corrected chi connectivity index (χ1v) is 6.04. The largest absolute Gasteiger partial charge is 0.480 e. The summed E-state index contributed by atoms with van der Waals surface area (Å²) in [5, 5.41) is 8.64. The minimum atomic E-state index is -1.04. The summed E-state index contributed by atoms with van der Waals surface area (Å²) in [5.74, 6) is -0.806. The van der Waals surface area contributed by atoms with Crippen LogP contribution in [0.4, 0.5) is 4.39 Å². The second-order valence-corrected chi connectivity index (χ2v) is 4.58. The number of rotatable bonds is 5. The van der Waals surface area contributed by atoms with E-state index < -0.39 is 17.8 Å². The molecule has 0 fully saturated rings. The summed E-state index contributed by atoms with van der Waals surface area (Å²) in [6.07, 6.45) is 0. The second kappa shape index (κ2) is 6.08. The molecule has 16 heavy (non-hydrogen) atoms. The molecule has 1 atom stereocenters. The summed E-state index contributed by atoms with van der Waals surface area (Å²) in [4.78, 5) is 10.4. The van der Waals surface area contributed by atoms with Gasteiger partial charge in [-0.05, 0) is 11.6 Å². The van der Waals surface area contributed by atoms with Crippen LogP contribution in [0, 0.1) is 5.82 Å². The molecular weight excluding hydrogens is 253 g/mol. The molecule has 0 amide bonds. The van der Waals surface area contributed by atoms with E-state index in [1.54, 1.807) is 12.1 Å². The van der Waals surface area contributed by atoms with Gasteiger partial charge in [-0.1, -0.05) is 23.7 Å². The van der Waals surface area contributed by atoms with E-state index in [0.29, 0.717) is 11.3 Å². The molecule has 0 aliphatic heterocycles. The first-order chi connectivity index (χ1) is 7.52. The summed E-state index contributed by atoms with van der Waals surface area (Å²) in [6, 6.07) is 3.63. The fourth-order valence-electron chi connectivity index (χ4n) is 1.03. The van der Waals surface area contributed by atoms with Gasteiger partial charge in [0.25, 0.3) is 0 Å². The number of thioether (sulfide) groups is 1. The van der Waals surface area contributed by atoms with Crippen LogP contribution in [0.2, 0.25) is 5.02 Å². The molecular formula is C10H11ClFNO2S. The van der Waals surface area contributed by atoms with Crippen LogP contribution in [0.15, 0.2) is 18.2 Å². The van der Waals surface area contributed by atoms with E-state index in [1.807, 2.05) is 0 Å². The van der Waals surface area contributed by atoms with Crippen molar-refractivity contribution in [2.45, 2.75) is 11.8 Å². The zero-order valence-electron chi connectivity index (χ0n) is 8.32. The molecule has 1 aromatic carbocycles. The summed E-state index contributed by atoms with van der Waals surface area (Å²) >= 11 is 7.04. The predicted octanol–water partition coefficient (Wildman–Crippen LogP) is 2.12. The van der Waals surface area contributed by atoms with Gasteiger partial charge >= 0.3 is 5.97 Å². The number of benzene rings is 1. The van der Waals surface area contributed by atoms with Crippen molar-refractivity contribution in [3.63, 3.8) is 0 Å². The van der Waals surface area contributed by atoms with Crippen LogP contribution in [-0.2, 0) is 10.5 Å². The normalized spacial score (nSPS) is 12.4. The molecule has 0 bridgehead atoms. The standard InChI is InChI=1S/C10H11ClFNO2S/c11-9-6(2-1-3-7(9)12)4-16-5-8(13)10(14)15/h1-3,8H,4-5,13H2,(H,14,15). The van der Waals surface area contributed by atoms with E-state index in [2.05, 4.69) is 0 Å². The maximum atomic E-state index is 13.0. The molecule has 0 radical (unpaired) electrons. The average Bonchev–Trinajstić information content (AvgIpc) is 2.24. The van der Waals surface area contributed by atoms with Crippen molar-refractivity contribution in [1.29, 1.82) is 0 Å². The third-order valence-electron chi connectivity index (χ3n) is 1.90. The zero-order chi connectivity index (χ0) is 12.1. The molecule has 0 aromatic heterocycles. The number of carboxylic acid groups (broad SMARTS) is 1. The second-order valence-electron chi connectivity index (χ2n) is 3.17. The monoisotopic (exact) mass is 263 g/mol. The molecule has 0 saturated heterocycles. The van der Waals surface area contributed by atoms with E-state index in [9.17, 15) is 9.18 Å². The van der Waals surface area contributed by atoms with Gasteiger partial charge in [-0.2, -0.15) is 11.8 Å². The number of nitrogens with two attached hydrogens (primary N) is 1. The van der Waals surface area contributed by atoms with Crippen LogP contribution < -0.4 is 5.73 Å². The Morgan fingerprint density at radius 3 is 2.94 bits per heavy atom. The summed E-state index contributed by atoms with van der Waals surface area (Å²) < 4.78 is 13.0. The maximum absolute atomic E-state index is 13.0. The van der Waals surface area contributed by atoms with Crippen molar-refractivity contribution < 1.29 is 14.3 Å². The third kappa shape index (κ3) is 3.66. The first kappa shape index (κ1) is 13.3. The summed E-state index contributed by atoms with van der Waals surface area (Å²) in [5.41, 5.74) is 5.96. The summed E-state index contributed by atoms with van der Waals surface area (Å²) in [6.45, 7) is 0. The Balaban J connectivity index is 2.49. The molecule has 1 rings (SSSR count). The SMILES string of the molecule is NC(CSCc1cccc(F)c1Cl)C(=O)O. The van der Waals surface area contributed by atoms with E-state index in [4.69, 9.17) is 22.4 Å². The van der Waals surface area contributed by atoms with Crippen LogP contribution >= 0.6 is 23.4 Å². The van der Waals surface area contributed by atoms with Gasteiger partial charge < -0.3 is 10.8 Å². The van der Waals surface area contributed by atoms with Crippen LogP contribution in [0.1, 0.15) is 5.56 Å². The van der Waals surface area contributed by atoms with Crippen molar-refractivity contribution in [2.75, 3.05) is 5.75 Å². The Kier molecular flexibility index (Phi) is 5.05. The fourth-order valence-corrected chi connectivity index (χ4v) is 2.27. The van der Waals surface area contributed by atoms with Crippen LogP contribution in [-0.4, -0.2) is 22.9 Å². The van der Waals surface area contributed by atoms with Gasteiger partial charge in [0.05, 0.1) is 5.02 Å². The number of hydrogen-bond donors (Lipinski definition) is 2. The molecule has 0 saturated carbocycles. The number of carboxylic acids is 1. The molecule has 3 N–H and O–H groups in total. The lowest BCUT2D eigenvalue weighted by molar-refractivity contribution is -0.137. The zero-order valence-corrected chi connectivity index (χ0v) is 9.89. The third-order valence-corrected chi connectivity index (χ3v) is 3.44. The highest BCUT2D eigenvalue weighted by molar-refractivity contribution is 7.98. The molecule has 1 aromatic rings. The molecule has 88 valence electrons. The van der Waals surface area contributed by atoms with Gasteiger partial charge in [0.1, 0.15) is 11.9 Å². The van der Waals surface area contributed by atoms with Gasteiger partial charge in [0, 0.05) is 11.5 Å². The molecule has 3 nitrogen and oxygen atoms in total. The van der Waals surface area contributed by atoms with E-state index in [0.717, 1.165) is 0 Å². The topological polar surface area (TPSA) is 63.3 Å². The highest BCUT2D eigenvalue weighted by atomic mass is 35.5. The molecule has 0 aliphatic rings. The first-order valence-electron chi connectivity index (χ1n) is 4.51. The highest BCUT2D eigenvalue weighted by Crippen LogP contribution is 2.23. The van der Waals surface area contributed by atoms with Crippen molar-refractivity contribution in [2.24, 2.45) is 5.73 Å². The molecule has 0 heterocycles. The van der Waals surface area contributed by atoms with Crippen LogP contribution in [0.3, 0.4) is 0 Å². The Morgan fingerprint density at radius 2 is 2.31 bits per heavy atom. The smallest absolute Gasteiger partial charge is 0.321 e.